The van der Waals surface area contributed by atoms with Crippen molar-refractivity contribution in [2.45, 2.75) is 17.7 Å². The summed E-state index contributed by atoms with van der Waals surface area (Å²) >= 11 is 1.55. The minimum atomic E-state index is 0.235. The van der Waals surface area contributed by atoms with Gasteiger partial charge in [-0.1, -0.05) is 35.1 Å². The van der Waals surface area contributed by atoms with Gasteiger partial charge in [0.15, 0.2) is 11.5 Å². The lowest BCUT2D eigenvalue weighted by molar-refractivity contribution is 0.174. The van der Waals surface area contributed by atoms with E-state index in [4.69, 9.17) is 14.0 Å². The van der Waals surface area contributed by atoms with Gasteiger partial charge < -0.3 is 14.0 Å². The molecule has 0 aliphatic carbocycles. The van der Waals surface area contributed by atoms with Crippen LogP contribution in [0.3, 0.4) is 0 Å². The second-order valence-corrected chi connectivity index (χ2v) is 6.93. The molecule has 0 spiro atoms. The van der Waals surface area contributed by atoms with Crippen molar-refractivity contribution in [3.63, 3.8) is 0 Å². The number of fused-ring (bicyclic) bond motifs is 2. The van der Waals surface area contributed by atoms with Gasteiger partial charge in [0.25, 0.3) is 0 Å². The lowest BCUT2D eigenvalue weighted by Gasteiger charge is -2.04. The fraction of sp³-hybridized carbons (Fsp3) is 0.158. The Morgan fingerprint density at radius 2 is 1.89 bits per heavy atom. The zero-order valence-electron chi connectivity index (χ0n) is 14.4. The molecule has 3 heterocycles. The molecule has 4 aromatic rings. The average molecular weight is 378 g/mol. The number of aromatic nitrogens is 4. The smallest absolute Gasteiger partial charge is 0.237 e. The summed E-state index contributed by atoms with van der Waals surface area (Å²) in [7, 11) is 0. The molecule has 2 aromatic carbocycles. The summed E-state index contributed by atoms with van der Waals surface area (Å²) < 4.78 is 16.1. The third-order valence-electron chi connectivity index (χ3n) is 4.11. The molecule has 7 nitrogen and oxygen atoms in total. The quantitative estimate of drug-likeness (QED) is 0.389. The predicted octanol–water partition coefficient (Wildman–Crippen LogP) is 4.01. The van der Waals surface area contributed by atoms with Crippen LogP contribution in [0.15, 0.2) is 52.0 Å². The molecule has 0 radical (unpaired) electrons. The number of aryl methyl sites for hydroxylation is 1. The molecule has 0 fully saturated rings. The monoisotopic (exact) mass is 378 g/mol. The van der Waals surface area contributed by atoms with Crippen LogP contribution in [0.2, 0.25) is 0 Å². The summed E-state index contributed by atoms with van der Waals surface area (Å²) in [5.41, 5.74) is 1.75. The second kappa shape index (κ2) is 6.55. The topological polar surface area (TPSA) is 83.2 Å². The van der Waals surface area contributed by atoms with Crippen LogP contribution in [-0.4, -0.2) is 26.9 Å². The van der Waals surface area contributed by atoms with Crippen molar-refractivity contribution in [3.8, 4) is 22.9 Å². The van der Waals surface area contributed by atoms with Gasteiger partial charge in [0, 0.05) is 10.9 Å². The standard InChI is InChI=1S/C19H14N4O3S/c1-11-20-14-5-3-2-4-13(14)19(21-11)27-9-17-22-18(23-26-17)12-6-7-15-16(8-12)25-10-24-15/h2-8H,9-10H2,1H3. The lowest BCUT2D eigenvalue weighted by Crippen LogP contribution is -1.93. The Bertz CT molecular complexity index is 1140. The lowest BCUT2D eigenvalue weighted by atomic mass is 10.2. The van der Waals surface area contributed by atoms with Crippen molar-refractivity contribution in [2.75, 3.05) is 6.79 Å². The summed E-state index contributed by atoms with van der Waals surface area (Å²) in [6, 6.07) is 13.5. The molecular formula is C19H14N4O3S. The highest BCUT2D eigenvalue weighted by Gasteiger charge is 2.17. The van der Waals surface area contributed by atoms with Gasteiger partial charge in [-0.3, -0.25) is 0 Å². The Kier molecular flexibility index (Phi) is 3.90. The summed E-state index contributed by atoms with van der Waals surface area (Å²) in [6.07, 6.45) is 0. The maximum Gasteiger partial charge on any atom is 0.237 e. The zero-order chi connectivity index (χ0) is 18.2. The molecule has 8 heteroatoms. The van der Waals surface area contributed by atoms with Crippen LogP contribution in [0.5, 0.6) is 11.5 Å². The van der Waals surface area contributed by atoms with E-state index in [9.17, 15) is 0 Å². The van der Waals surface area contributed by atoms with Gasteiger partial charge in [-0.2, -0.15) is 4.98 Å². The third-order valence-corrected chi connectivity index (χ3v) is 5.09. The van der Waals surface area contributed by atoms with Crippen LogP contribution < -0.4 is 9.47 Å². The molecule has 2 aromatic heterocycles. The largest absolute Gasteiger partial charge is 0.454 e. The Morgan fingerprint density at radius 1 is 1.00 bits per heavy atom. The Morgan fingerprint density at radius 3 is 2.85 bits per heavy atom. The molecule has 0 atom stereocenters. The molecule has 0 saturated carbocycles. The van der Waals surface area contributed by atoms with E-state index in [0.29, 0.717) is 23.2 Å². The van der Waals surface area contributed by atoms with E-state index in [-0.39, 0.29) is 6.79 Å². The van der Waals surface area contributed by atoms with Crippen LogP contribution in [0.4, 0.5) is 0 Å². The molecular weight excluding hydrogens is 364 g/mol. The number of benzene rings is 2. The second-order valence-electron chi connectivity index (χ2n) is 5.96. The van der Waals surface area contributed by atoms with Crippen LogP contribution in [0.1, 0.15) is 11.7 Å². The highest BCUT2D eigenvalue weighted by molar-refractivity contribution is 7.98. The molecule has 0 saturated heterocycles. The molecule has 1 aliphatic heterocycles. The maximum absolute atomic E-state index is 5.41. The molecule has 0 unspecified atom stereocenters. The van der Waals surface area contributed by atoms with Crippen molar-refractivity contribution in [1.29, 1.82) is 0 Å². The number of rotatable bonds is 4. The minimum Gasteiger partial charge on any atom is -0.454 e. The minimum absolute atomic E-state index is 0.235. The maximum atomic E-state index is 5.41. The fourth-order valence-electron chi connectivity index (χ4n) is 2.86. The van der Waals surface area contributed by atoms with Gasteiger partial charge in [-0.15, -0.1) is 0 Å². The number of hydrogen-bond acceptors (Lipinski definition) is 8. The van der Waals surface area contributed by atoms with Gasteiger partial charge in [0.2, 0.25) is 18.5 Å². The van der Waals surface area contributed by atoms with Gasteiger partial charge in [0.05, 0.1) is 11.3 Å². The van der Waals surface area contributed by atoms with E-state index in [1.54, 1.807) is 11.8 Å². The Labute approximate surface area is 158 Å². The molecule has 1 aliphatic rings. The normalized spacial score (nSPS) is 12.6. The highest BCUT2D eigenvalue weighted by Crippen LogP contribution is 2.35. The van der Waals surface area contributed by atoms with Crippen molar-refractivity contribution < 1.29 is 14.0 Å². The van der Waals surface area contributed by atoms with E-state index in [1.807, 2.05) is 49.4 Å². The predicted molar refractivity (Wildman–Crippen MR) is 99.7 cm³/mol. The van der Waals surface area contributed by atoms with Crippen LogP contribution in [-0.2, 0) is 5.75 Å². The van der Waals surface area contributed by atoms with E-state index < -0.39 is 0 Å². The summed E-state index contributed by atoms with van der Waals surface area (Å²) in [5.74, 6) is 3.74. The molecule has 5 rings (SSSR count). The first-order chi connectivity index (χ1) is 13.3. The van der Waals surface area contributed by atoms with Crippen LogP contribution in [0, 0.1) is 6.92 Å². The first kappa shape index (κ1) is 16.1. The molecule has 0 N–H and O–H groups in total. The van der Waals surface area contributed by atoms with Crippen molar-refractivity contribution in [1.82, 2.24) is 20.1 Å². The summed E-state index contributed by atoms with van der Waals surface area (Å²) in [6.45, 7) is 2.13. The van der Waals surface area contributed by atoms with Gasteiger partial charge in [-0.25, -0.2) is 9.97 Å². The third kappa shape index (κ3) is 3.08. The Balaban J connectivity index is 1.37. The van der Waals surface area contributed by atoms with E-state index in [1.165, 1.54) is 0 Å². The molecule has 27 heavy (non-hydrogen) atoms. The number of ether oxygens (including phenoxy) is 2. The SMILES string of the molecule is Cc1nc(SCc2nc(-c3ccc4c(c3)OCO4)no2)c2ccccc2n1. The number of para-hydroxylation sites is 1. The van der Waals surface area contributed by atoms with Crippen molar-refractivity contribution >= 4 is 22.7 Å². The molecule has 134 valence electrons. The van der Waals surface area contributed by atoms with Crippen molar-refractivity contribution in [3.05, 3.63) is 54.2 Å². The summed E-state index contributed by atoms with van der Waals surface area (Å²) in [5, 5.41) is 6.00. The molecule has 0 bridgehead atoms. The first-order valence-electron chi connectivity index (χ1n) is 8.35. The highest BCUT2D eigenvalue weighted by atomic mass is 32.2. The molecule has 0 amide bonds. The summed E-state index contributed by atoms with van der Waals surface area (Å²) in [4.78, 5) is 13.5. The van der Waals surface area contributed by atoms with Gasteiger partial charge >= 0.3 is 0 Å². The van der Waals surface area contributed by atoms with E-state index >= 15 is 0 Å². The van der Waals surface area contributed by atoms with E-state index in [0.717, 1.165) is 33.1 Å². The zero-order valence-corrected chi connectivity index (χ0v) is 15.2. The van der Waals surface area contributed by atoms with Gasteiger partial charge in [0.1, 0.15) is 10.9 Å². The Hall–Kier alpha value is -3.13. The average Bonchev–Trinajstić information content (AvgIpc) is 3.34. The number of nitrogens with zero attached hydrogens (tertiary/aromatic N) is 4. The van der Waals surface area contributed by atoms with Crippen LogP contribution >= 0.6 is 11.8 Å². The number of thioether (sulfide) groups is 1. The fourth-order valence-corrected chi connectivity index (χ4v) is 3.77. The van der Waals surface area contributed by atoms with Crippen LogP contribution in [0.25, 0.3) is 22.3 Å². The first-order valence-corrected chi connectivity index (χ1v) is 9.33. The van der Waals surface area contributed by atoms with E-state index in [2.05, 4.69) is 20.1 Å². The van der Waals surface area contributed by atoms with Gasteiger partial charge in [-0.05, 0) is 31.2 Å². The van der Waals surface area contributed by atoms with Crippen molar-refractivity contribution in [2.24, 2.45) is 0 Å². The number of hydrogen-bond donors (Lipinski definition) is 0.